The van der Waals surface area contributed by atoms with Crippen molar-refractivity contribution in [1.29, 1.82) is 0 Å². The molecule has 0 bridgehead atoms. The molecule has 0 radical (unpaired) electrons. The van der Waals surface area contributed by atoms with Crippen molar-refractivity contribution in [2.24, 2.45) is 0 Å². The number of hydrogen-bond donors (Lipinski definition) is 1. The molecule has 0 unspecified atom stereocenters. The van der Waals surface area contributed by atoms with E-state index in [9.17, 15) is 19.2 Å². The average Bonchev–Trinajstić information content (AvgIpc) is 2.76. The first-order valence-electron chi connectivity index (χ1n) is 7.55. The highest BCUT2D eigenvalue weighted by atomic mass is 16.2. The number of likely N-dealkylation sites (N-methyl/N-ethyl adjacent to an activating group) is 1. The topological polar surface area (TPSA) is 90.0 Å². The van der Waals surface area contributed by atoms with Gasteiger partial charge in [-0.1, -0.05) is 12.1 Å². The van der Waals surface area contributed by atoms with E-state index < -0.39 is 30.3 Å². The highest BCUT2D eigenvalue weighted by molar-refractivity contribution is 6.45. The Kier molecular flexibility index (Phi) is 5.18. The zero-order valence-corrected chi connectivity index (χ0v) is 13.9. The minimum atomic E-state index is -0.965. The van der Waals surface area contributed by atoms with E-state index >= 15 is 0 Å². The summed E-state index contributed by atoms with van der Waals surface area (Å²) in [6.07, 6.45) is 0. The van der Waals surface area contributed by atoms with Gasteiger partial charge in [0.1, 0.15) is 6.54 Å². The van der Waals surface area contributed by atoms with Gasteiger partial charge < -0.3 is 10.2 Å². The van der Waals surface area contributed by atoms with E-state index in [0.717, 1.165) is 16.2 Å². The number of anilines is 1. The second-order valence-corrected chi connectivity index (χ2v) is 5.56. The SMILES string of the molecule is CCN1C(=O)C(=O)N(CC(=O)NCc2ccc(N(C)C)cc2)C1=O. The summed E-state index contributed by atoms with van der Waals surface area (Å²) in [4.78, 5) is 50.6. The quantitative estimate of drug-likeness (QED) is 0.593. The van der Waals surface area contributed by atoms with E-state index in [1.54, 1.807) is 6.92 Å². The molecule has 0 aliphatic carbocycles. The Hall–Kier alpha value is -2.90. The number of carbonyl (C=O) groups excluding carboxylic acids is 4. The predicted molar refractivity (Wildman–Crippen MR) is 87.1 cm³/mol. The smallest absolute Gasteiger partial charge is 0.334 e. The Bertz CT molecular complexity index is 669. The molecule has 0 aromatic heterocycles. The zero-order chi connectivity index (χ0) is 17.9. The van der Waals surface area contributed by atoms with Gasteiger partial charge in [0.05, 0.1) is 0 Å². The first-order chi connectivity index (χ1) is 11.3. The van der Waals surface area contributed by atoms with E-state index in [2.05, 4.69) is 5.32 Å². The number of urea groups is 1. The maximum absolute atomic E-state index is 11.9. The molecule has 1 aliphatic heterocycles. The summed E-state index contributed by atoms with van der Waals surface area (Å²) >= 11 is 0. The molecule has 1 aromatic rings. The normalized spacial score (nSPS) is 14.4. The summed E-state index contributed by atoms with van der Waals surface area (Å²) in [6, 6.07) is 6.85. The van der Waals surface area contributed by atoms with Gasteiger partial charge in [-0.25, -0.2) is 9.69 Å². The summed E-state index contributed by atoms with van der Waals surface area (Å²) in [5.74, 6) is -2.36. The van der Waals surface area contributed by atoms with Crippen molar-refractivity contribution >= 4 is 29.4 Å². The molecule has 1 aliphatic rings. The van der Waals surface area contributed by atoms with Crippen LogP contribution in [0.3, 0.4) is 0 Å². The van der Waals surface area contributed by atoms with Crippen LogP contribution in [0.15, 0.2) is 24.3 Å². The third kappa shape index (κ3) is 3.53. The van der Waals surface area contributed by atoms with E-state index in [-0.39, 0.29) is 13.1 Å². The molecule has 128 valence electrons. The van der Waals surface area contributed by atoms with Gasteiger partial charge in [-0.05, 0) is 24.6 Å². The van der Waals surface area contributed by atoms with Crippen LogP contribution in [-0.2, 0) is 20.9 Å². The maximum Gasteiger partial charge on any atom is 0.334 e. The van der Waals surface area contributed by atoms with Crippen molar-refractivity contribution in [1.82, 2.24) is 15.1 Å². The number of benzene rings is 1. The van der Waals surface area contributed by atoms with Gasteiger partial charge in [-0.15, -0.1) is 0 Å². The molecule has 0 saturated carbocycles. The monoisotopic (exact) mass is 332 g/mol. The summed E-state index contributed by atoms with van der Waals surface area (Å²) in [5.41, 5.74) is 1.93. The minimum absolute atomic E-state index is 0.0970. The summed E-state index contributed by atoms with van der Waals surface area (Å²) in [5, 5.41) is 2.63. The number of carbonyl (C=O) groups is 4. The van der Waals surface area contributed by atoms with Gasteiger partial charge in [-0.3, -0.25) is 19.3 Å². The van der Waals surface area contributed by atoms with Crippen LogP contribution in [0.2, 0.25) is 0 Å². The molecule has 1 saturated heterocycles. The molecule has 1 fully saturated rings. The van der Waals surface area contributed by atoms with E-state index in [1.807, 2.05) is 43.3 Å². The molecule has 1 heterocycles. The lowest BCUT2D eigenvalue weighted by Gasteiger charge is -2.15. The number of nitrogens with zero attached hydrogens (tertiary/aromatic N) is 3. The van der Waals surface area contributed by atoms with Crippen molar-refractivity contribution in [2.75, 3.05) is 32.1 Å². The van der Waals surface area contributed by atoms with Crippen LogP contribution in [-0.4, -0.2) is 60.7 Å². The van der Waals surface area contributed by atoms with E-state index in [1.165, 1.54) is 0 Å². The van der Waals surface area contributed by atoms with Gasteiger partial charge in [0.25, 0.3) is 0 Å². The summed E-state index contributed by atoms with van der Waals surface area (Å²) in [6.45, 7) is 1.49. The third-order valence-electron chi connectivity index (χ3n) is 3.70. The number of nitrogens with one attached hydrogen (secondary N) is 1. The number of imide groups is 2. The molecular formula is C16H20N4O4. The standard InChI is InChI=1S/C16H20N4O4/c1-4-19-14(22)15(23)20(16(19)24)10-13(21)17-9-11-5-7-12(8-6-11)18(2)3/h5-8H,4,9-10H2,1-3H3,(H,17,21). The van der Waals surface area contributed by atoms with Crippen LogP contribution in [0, 0.1) is 0 Å². The molecule has 1 aromatic carbocycles. The summed E-state index contributed by atoms with van der Waals surface area (Å²) < 4.78 is 0. The highest BCUT2D eigenvalue weighted by Gasteiger charge is 2.44. The van der Waals surface area contributed by atoms with Crippen LogP contribution >= 0.6 is 0 Å². The van der Waals surface area contributed by atoms with Gasteiger partial charge >= 0.3 is 17.8 Å². The molecule has 8 nitrogen and oxygen atoms in total. The van der Waals surface area contributed by atoms with Crippen LogP contribution < -0.4 is 10.2 Å². The van der Waals surface area contributed by atoms with E-state index in [0.29, 0.717) is 4.90 Å². The second kappa shape index (κ2) is 7.12. The lowest BCUT2D eigenvalue weighted by Crippen LogP contribution is -2.41. The second-order valence-electron chi connectivity index (χ2n) is 5.56. The van der Waals surface area contributed by atoms with Crippen molar-refractivity contribution in [3.05, 3.63) is 29.8 Å². The van der Waals surface area contributed by atoms with E-state index in [4.69, 9.17) is 0 Å². The minimum Gasteiger partial charge on any atom is -0.378 e. The van der Waals surface area contributed by atoms with Crippen molar-refractivity contribution in [3.63, 3.8) is 0 Å². The highest BCUT2D eigenvalue weighted by Crippen LogP contribution is 2.13. The Balaban J connectivity index is 1.90. The Morgan fingerprint density at radius 2 is 1.62 bits per heavy atom. The Morgan fingerprint density at radius 3 is 2.12 bits per heavy atom. The maximum atomic E-state index is 11.9. The first-order valence-corrected chi connectivity index (χ1v) is 7.55. The fourth-order valence-corrected chi connectivity index (χ4v) is 2.28. The zero-order valence-electron chi connectivity index (χ0n) is 13.9. The fourth-order valence-electron chi connectivity index (χ4n) is 2.28. The first kappa shape index (κ1) is 17.5. The van der Waals surface area contributed by atoms with Crippen LogP contribution in [0.5, 0.6) is 0 Å². The number of amides is 5. The number of rotatable bonds is 6. The lowest BCUT2D eigenvalue weighted by molar-refractivity contribution is -0.143. The van der Waals surface area contributed by atoms with Crippen molar-refractivity contribution in [2.45, 2.75) is 13.5 Å². The van der Waals surface area contributed by atoms with Crippen molar-refractivity contribution in [3.8, 4) is 0 Å². The molecule has 5 amide bonds. The third-order valence-corrected chi connectivity index (χ3v) is 3.70. The Labute approximate surface area is 140 Å². The largest absolute Gasteiger partial charge is 0.378 e. The van der Waals surface area contributed by atoms with Crippen LogP contribution in [0.1, 0.15) is 12.5 Å². The van der Waals surface area contributed by atoms with Gasteiger partial charge in [0, 0.05) is 32.9 Å². The predicted octanol–water partition coefficient (Wildman–Crippen LogP) is 0.180. The molecule has 0 spiro atoms. The number of hydrogen-bond acceptors (Lipinski definition) is 5. The van der Waals surface area contributed by atoms with Gasteiger partial charge in [0.2, 0.25) is 5.91 Å². The molecule has 1 N–H and O–H groups in total. The lowest BCUT2D eigenvalue weighted by atomic mass is 10.2. The Morgan fingerprint density at radius 1 is 1.04 bits per heavy atom. The van der Waals surface area contributed by atoms with Crippen LogP contribution in [0.4, 0.5) is 10.5 Å². The molecule has 24 heavy (non-hydrogen) atoms. The summed E-state index contributed by atoms with van der Waals surface area (Å²) in [7, 11) is 3.86. The van der Waals surface area contributed by atoms with Crippen molar-refractivity contribution < 1.29 is 19.2 Å². The van der Waals surface area contributed by atoms with Gasteiger partial charge in [-0.2, -0.15) is 0 Å². The molecule has 0 atom stereocenters. The molecular weight excluding hydrogens is 312 g/mol. The molecule has 8 heteroatoms. The van der Waals surface area contributed by atoms with Crippen LogP contribution in [0.25, 0.3) is 0 Å². The average molecular weight is 332 g/mol. The van der Waals surface area contributed by atoms with Gasteiger partial charge in [0.15, 0.2) is 0 Å². The fraction of sp³-hybridized carbons (Fsp3) is 0.375. The molecule has 2 rings (SSSR count).